The van der Waals surface area contributed by atoms with Crippen molar-refractivity contribution < 1.29 is 4.74 Å². The van der Waals surface area contributed by atoms with Crippen LogP contribution in [0.2, 0.25) is 5.02 Å². The summed E-state index contributed by atoms with van der Waals surface area (Å²) in [6, 6.07) is 5.34. The number of rotatable bonds is 6. The van der Waals surface area contributed by atoms with Crippen molar-refractivity contribution in [3.63, 3.8) is 0 Å². The molecule has 0 fully saturated rings. The summed E-state index contributed by atoms with van der Waals surface area (Å²) in [6.45, 7) is 5.01. The first-order valence-corrected chi connectivity index (χ1v) is 6.59. The summed E-state index contributed by atoms with van der Waals surface area (Å²) < 4.78 is 5.77. The van der Waals surface area contributed by atoms with Crippen LogP contribution in [0, 0.1) is 5.92 Å². The Balaban J connectivity index is 2.80. The topological polar surface area (TPSA) is 35.2 Å². The lowest BCUT2D eigenvalue weighted by Crippen LogP contribution is -2.15. The van der Waals surface area contributed by atoms with Crippen molar-refractivity contribution in [2.24, 2.45) is 11.7 Å². The van der Waals surface area contributed by atoms with Gasteiger partial charge in [0.2, 0.25) is 0 Å². The summed E-state index contributed by atoms with van der Waals surface area (Å²) in [5.41, 5.74) is 6.35. The second kappa shape index (κ2) is 6.82. The van der Waals surface area contributed by atoms with Gasteiger partial charge < -0.3 is 10.5 Å². The molecule has 0 atom stereocenters. The lowest BCUT2D eigenvalue weighted by molar-refractivity contribution is 0.240. The number of hydrogen-bond donors (Lipinski definition) is 1. The maximum absolute atomic E-state index is 5.91. The van der Waals surface area contributed by atoms with Gasteiger partial charge in [-0.2, -0.15) is 0 Å². The molecule has 1 aromatic rings. The first-order valence-electron chi connectivity index (χ1n) is 5.80. The van der Waals surface area contributed by atoms with Crippen LogP contribution in [0.15, 0.2) is 18.2 Å². The Morgan fingerprint density at radius 1 is 1.41 bits per heavy atom. The van der Waals surface area contributed by atoms with E-state index in [9.17, 15) is 0 Å². The molecule has 0 aliphatic heterocycles. The lowest BCUT2D eigenvalue weighted by atomic mass is 10.1. The van der Waals surface area contributed by atoms with Crippen LogP contribution in [0.25, 0.3) is 0 Å². The molecule has 0 heterocycles. The molecular formula is C13H18ClNOS. The Kier molecular flexibility index (Phi) is 5.72. The molecule has 1 aromatic carbocycles. The fourth-order valence-electron chi connectivity index (χ4n) is 1.55. The van der Waals surface area contributed by atoms with E-state index in [4.69, 9.17) is 34.3 Å². The van der Waals surface area contributed by atoms with Gasteiger partial charge in [0.25, 0.3) is 0 Å². The predicted molar refractivity (Wildman–Crippen MR) is 76.9 cm³/mol. The van der Waals surface area contributed by atoms with E-state index >= 15 is 0 Å². The van der Waals surface area contributed by atoms with Gasteiger partial charge in [0.1, 0.15) is 10.7 Å². The van der Waals surface area contributed by atoms with Crippen LogP contribution < -0.4 is 10.5 Å². The highest BCUT2D eigenvalue weighted by atomic mass is 35.5. The zero-order chi connectivity index (χ0) is 12.8. The van der Waals surface area contributed by atoms with Gasteiger partial charge in [-0.1, -0.05) is 50.5 Å². The summed E-state index contributed by atoms with van der Waals surface area (Å²) in [6.07, 6.45) is 2.21. The molecule has 0 saturated heterocycles. The minimum absolute atomic E-state index is 0.312. The van der Waals surface area contributed by atoms with Gasteiger partial charge in [0, 0.05) is 5.02 Å². The number of nitrogens with two attached hydrogens (primary N) is 1. The van der Waals surface area contributed by atoms with E-state index in [1.54, 1.807) is 12.1 Å². The first-order chi connectivity index (χ1) is 8.08. The molecule has 0 radical (unpaired) electrons. The zero-order valence-corrected chi connectivity index (χ0v) is 11.8. The average molecular weight is 272 g/mol. The summed E-state index contributed by atoms with van der Waals surface area (Å²) in [7, 11) is 0. The molecule has 0 saturated carbocycles. The van der Waals surface area contributed by atoms with Crippen molar-refractivity contribution in [2.45, 2.75) is 26.7 Å². The van der Waals surface area contributed by atoms with Crippen LogP contribution in [0.1, 0.15) is 32.3 Å². The normalized spacial score (nSPS) is 10.6. The Hall–Kier alpha value is -0.800. The minimum Gasteiger partial charge on any atom is -0.493 e. The van der Waals surface area contributed by atoms with Crippen molar-refractivity contribution in [2.75, 3.05) is 6.61 Å². The van der Waals surface area contributed by atoms with Gasteiger partial charge in [0.15, 0.2) is 0 Å². The van der Waals surface area contributed by atoms with Crippen molar-refractivity contribution in [3.05, 3.63) is 28.8 Å². The maximum Gasteiger partial charge on any atom is 0.129 e. The molecule has 1 rings (SSSR count). The zero-order valence-electron chi connectivity index (χ0n) is 10.2. The third kappa shape index (κ3) is 4.17. The van der Waals surface area contributed by atoms with Gasteiger partial charge in [-0.3, -0.25) is 0 Å². The molecule has 0 amide bonds. The Labute approximate surface area is 113 Å². The molecule has 17 heavy (non-hydrogen) atoms. The van der Waals surface area contributed by atoms with Crippen LogP contribution in [0.4, 0.5) is 0 Å². The van der Waals surface area contributed by atoms with E-state index < -0.39 is 0 Å². The highest BCUT2D eigenvalue weighted by Crippen LogP contribution is 2.24. The average Bonchev–Trinajstić information content (AvgIpc) is 2.31. The summed E-state index contributed by atoms with van der Waals surface area (Å²) >= 11 is 10.9. The highest BCUT2D eigenvalue weighted by molar-refractivity contribution is 7.80. The molecule has 0 aliphatic carbocycles. The van der Waals surface area contributed by atoms with Crippen LogP contribution in [0.5, 0.6) is 5.75 Å². The van der Waals surface area contributed by atoms with Gasteiger partial charge in [-0.15, -0.1) is 0 Å². The highest BCUT2D eigenvalue weighted by Gasteiger charge is 2.10. The number of hydrogen-bond acceptors (Lipinski definition) is 2. The molecular weight excluding hydrogens is 254 g/mol. The van der Waals surface area contributed by atoms with Gasteiger partial charge in [0.05, 0.1) is 12.2 Å². The Morgan fingerprint density at radius 2 is 2.06 bits per heavy atom. The number of thiocarbonyl (C=S) groups is 1. The monoisotopic (exact) mass is 271 g/mol. The second-order valence-corrected chi connectivity index (χ2v) is 4.87. The SMILES string of the molecule is CCC(CC)COc1ccc(Cl)cc1C(N)=S. The van der Waals surface area contributed by atoms with Crippen LogP contribution in [-0.4, -0.2) is 11.6 Å². The van der Waals surface area contributed by atoms with E-state index in [-0.39, 0.29) is 0 Å². The number of halogens is 1. The maximum atomic E-state index is 5.91. The summed E-state index contributed by atoms with van der Waals surface area (Å²) in [5, 5.41) is 0.614. The predicted octanol–water partition coefficient (Wildman–Crippen LogP) is 3.79. The minimum atomic E-state index is 0.312. The number of benzene rings is 1. The van der Waals surface area contributed by atoms with E-state index in [0.29, 0.717) is 33.8 Å². The second-order valence-electron chi connectivity index (χ2n) is 4.00. The van der Waals surface area contributed by atoms with Crippen LogP contribution >= 0.6 is 23.8 Å². The lowest BCUT2D eigenvalue weighted by Gasteiger charge is -2.16. The largest absolute Gasteiger partial charge is 0.493 e. The molecule has 94 valence electrons. The summed E-state index contributed by atoms with van der Waals surface area (Å²) in [4.78, 5) is 0.312. The van der Waals surface area contributed by atoms with Crippen LogP contribution in [-0.2, 0) is 0 Å². The fraction of sp³-hybridized carbons (Fsp3) is 0.462. The Bertz CT molecular complexity index is 391. The van der Waals surface area contributed by atoms with E-state index in [2.05, 4.69) is 13.8 Å². The molecule has 4 heteroatoms. The van der Waals surface area contributed by atoms with Crippen LogP contribution in [0.3, 0.4) is 0 Å². The smallest absolute Gasteiger partial charge is 0.129 e. The molecule has 0 aromatic heterocycles. The van der Waals surface area contributed by atoms with Gasteiger partial charge in [-0.05, 0) is 24.1 Å². The van der Waals surface area contributed by atoms with Crippen molar-refractivity contribution >= 4 is 28.8 Å². The van der Waals surface area contributed by atoms with Crippen molar-refractivity contribution in [3.8, 4) is 5.75 Å². The van der Waals surface area contributed by atoms with Gasteiger partial charge >= 0.3 is 0 Å². The standard InChI is InChI=1S/C13H18ClNOS/c1-3-9(4-2)8-16-12-6-5-10(14)7-11(12)13(15)17/h5-7,9H,3-4,8H2,1-2H3,(H2,15,17). The summed E-state index contributed by atoms with van der Waals surface area (Å²) in [5.74, 6) is 1.28. The molecule has 0 aliphatic rings. The molecule has 0 unspecified atom stereocenters. The molecule has 2 nitrogen and oxygen atoms in total. The van der Waals surface area contributed by atoms with Gasteiger partial charge in [-0.25, -0.2) is 0 Å². The number of ether oxygens (including phenoxy) is 1. The van der Waals surface area contributed by atoms with Crippen molar-refractivity contribution in [1.82, 2.24) is 0 Å². The molecule has 2 N–H and O–H groups in total. The third-order valence-electron chi connectivity index (χ3n) is 2.84. The van der Waals surface area contributed by atoms with Crippen molar-refractivity contribution in [1.29, 1.82) is 0 Å². The molecule has 0 bridgehead atoms. The quantitative estimate of drug-likeness (QED) is 0.800. The third-order valence-corrected chi connectivity index (χ3v) is 3.29. The Morgan fingerprint density at radius 3 is 2.59 bits per heavy atom. The van der Waals surface area contributed by atoms with E-state index in [1.165, 1.54) is 0 Å². The first kappa shape index (κ1) is 14.3. The van der Waals surface area contributed by atoms with E-state index in [1.807, 2.05) is 6.07 Å². The fourth-order valence-corrected chi connectivity index (χ4v) is 1.88. The van der Waals surface area contributed by atoms with E-state index in [0.717, 1.165) is 12.8 Å². The molecule has 0 spiro atoms.